The number of halogens is 1. The summed E-state index contributed by atoms with van der Waals surface area (Å²) < 4.78 is 20.0. The summed E-state index contributed by atoms with van der Waals surface area (Å²) in [6.45, 7) is 0.410. The Hall–Kier alpha value is -2.96. The fraction of sp³-hybridized carbons (Fsp3) is 0.500. The molecule has 0 spiro atoms. The van der Waals surface area contributed by atoms with Crippen LogP contribution in [0.4, 0.5) is 20.6 Å². The third-order valence-electron chi connectivity index (χ3n) is 4.84. The minimum atomic E-state index is -0.658. The fourth-order valence-electron chi connectivity index (χ4n) is 3.31. The number of rotatable bonds is 6. The number of carbonyl (C=O) groups excluding carboxylic acids is 3. The van der Waals surface area contributed by atoms with Crippen LogP contribution >= 0.6 is 0 Å². The maximum Gasteiger partial charge on any atom is 0.414 e. The summed E-state index contributed by atoms with van der Waals surface area (Å²) in [7, 11) is 0. The highest BCUT2D eigenvalue weighted by molar-refractivity contribution is 5.90. The average Bonchev–Trinajstić information content (AvgIpc) is 2.96. The number of cyclic esters (lactones) is 1. The van der Waals surface area contributed by atoms with Crippen molar-refractivity contribution in [3.8, 4) is 0 Å². The molecule has 4 N–H and O–H groups in total. The van der Waals surface area contributed by atoms with Gasteiger partial charge >= 0.3 is 6.09 Å². The monoisotopic (exact) mass is 425 g/mol. The highest BCUT2D eigenvalue weighted by Gasteiger charge is 2.33. The van der Waals surface area contributed by atoms with E-state index in [9.17, 15) is 18.8 Å². The molecule has 3 amide bonds. The second kappa shape index (κ2) is 9.69. The molecular weight excluding hydrogens is 401 g/mol. The van der Waals surface area contributed by atoms with Gasteiger partial charge in [0.2, 0.25) is 5.91 Å². The highest BCUT2D eigenvalue weighted by atomic mass is 19.1. The van der Waals surface area contributed by atoms with E-state index in [1.807, 2.05) is 0 Å². The largest absolute Gasteiger partial charge is 0.442 e. The van der Waals surface area contributed by atoms with Crippen molar-refractivity contribution in [2.75, 3.05) is 62.3 Å². The predicted molar refractivity (Wildman–Crippen MR) is 103 cm³/mol. The Balaban J connectivity index is 1.64. The molecule has 2 fully saturated rings. The van der Waals surface area contributed by atoms with Crippen LogP contribution in [0.15, 0.2) is 18.2 Å². The molecule has 12 heteroatoms. The smallest absolute Gasteiger partial charge is 0.414 e. The van der Waals surface area contributed by atoms with Gasteiger partial charge in [0.05, 0.1) is 31.0 Å². The van der Waals surface area contributed by atoms with Crippen molar-refractivity contribution < 1.29 is 33.7 Å². The van der Waals surface area contributed by atoms with E-state index >= 15 is 0 Å². The summed E-state index contributed by atoms with van der Waals surface area (Å²) in [4.78, 5) is 37.9. The first-order chi connectivity index (χ1) is 14.4. The Labute approximate surface area is 172 Å². The van der Waals surface area contributed by atoms with Crippen molar-refractivity contribution >= 4 is 29.3 Å². The summed E-state index contributed by atoms with van der Waals surface area (Å²) in [5.74, 6) is -1.56. The Morgan fingerprint density at radius 3 is 2.73 bits per heavy atom. The highest BCUT2D eigenvalue weighted by Crippen LogP contribution is 2.28. The lowest BCUT2D eigenvalue weighted by atomic mass is 10.2. The van der Waals surface area contributed by atoms with Gasteiger partial charge in [-0.05, 0) is 18.2 Å². The molecule has 2 aliphatic heterocycles. The van der Waals surface area contributed by atoms with Gasteiger partial charge in [-0.25, -0.2) is 14.6 Å². The molecule has 11 nitrogen and oxygen atoms in total. The van der Waals surface area contributed by atoms with Crippen molar-refractivity contribution in [3.05, 3.63) is 24.0 Å². The number of aliphatic hydroxyl groups is 2. The normalized spacial score (nSPS) is 19.5. The summed E-state index contributed by atoms with van der Waals surface area (Å²) in [5, 5.41) is 21.4. The van der Waals surface area contributed by atoms with Gasteiger partial charge in [-0.1, -0.05) is 0 Å². The minimum Gasteiger partial charge on any atom is -0.442 e. The maximum atomic E-state index is 14.8. The molecular formula is C18H24FN5O6. The molecule has 164 valence electrons. The zero-order valence-corrected chi connectivity index (χ0v) is 16.2. The van der Waals surface area contributed by atoms with Crippen LogP contribution in [0.2, 0.25) is 0 Å². The lowest BCUT2D eigenvalue weighted by Crippen LogP contribution is -2.45. The molecule has 0 unspecified atom stereocenters. The van der Waals surface area contributed by atoms with Crippen LogP contribution in [-0.4, -0.2) is 91.7 Å². The fourth-order valence-corrected chi connectivity index (χ4v) is 3.31. The number of amides is 3. The zero-order valence-electron chi connectivity index (χ0n) is 16.2. The molecule has 2 saturated heterocycles. The predicted octanol–water partition coefficient (Wildman–Crippen LogP) is -1.60. The Morgan fingerprint density at radius 1 is 1.23 bits per heavy atom. The second-order valence-electron chi connectivity index (χ2n) is 6.81. The molecule has 0 aliphatic carbocycles. The van der Waals surface area contributed by atoms with E-state index in [-0.39, 0.29) is 19.6 Å². The van der Waals surface area contributed by atoms with E-state index in [2.05, 4.69) is 10.7 Å². The standard InChI is InChI=1S/C18H24FN5O6/c19-14-7-12(23-9-13(30-18(23)29)8-20-16(27)10-25)1-2-15(14)22-4-3-21-24(6-5-22)17(28)11-26/h1-2,7,13,21,25-26H,3-6,8-11H2,(H,20,27)/t13-/m0/s1. The van der Waals surface area contributed by atoms with Crippen LogP contribution in [0.5, 0.6) is 0 Å². The van der Waals surface area contributed by atoms with E-state index in [1.54, 1.807) is 17.0 Å². The molecule has 2 aliphatic rings. The molecule has 2 heterocycles. The summed E-state index contributed by atoms with van der Waals surface area (Å²) in [6, 6.07) is 4.39. The molecule has 1 aromatic rings. The van der Waals surface area contributed by atoms with E-state index in [4.69, 9.17) is 14.9 Å². The topological polar surface area (TPSA) is 135 Å². The summed E-state index contributed by atoms with van der Waals surface area (Å²) >= 11 is 0. The van der Waals surface area contributed by atoms with Crippen molar-refractivity contribution in [3.63, 3.8) is 0 Å². The van der Waals surface area contributed by atoms with Crippen LogP contribution in [0.1, 0.15) is 0 Å². The molecule has 0 saturated carbocycles. The molecule has 0 aromatic heterocycles. The van der Waals surface area contributed by atoms with Gasteiger partial charge in [0.15, 0.2) is 0 Å². The Morgan fingerprint density at radius 2 is 2.03 bits per heavy atom. The van der Waals surface area contributed by atoms with Crippen LogP contribution in [0.25, 0.3) is 0 Å². The van der Waals surface area contributed by atoms with Crippen molar-refractivity contribution in [2.24, 2.45) is 0 Å². The third-order valence-corrected chi connectivity index (χ3v) is 4.84. The van der Waals surface area contributed by atoms with Gasteiger partial charge in [-0.15, -0.1) is 0 Å². The van der Waals surface area contributed by atoms with Gasteiger partial charge in [0, 0.05) is 19.6 Å². The molecule has 30 heavy (non-hydrogen) atoms. The lowest BCUT2D eigenvalue weighted by molar-refractivity contribution is -0.137. The first-order valence-electron chi connectivity index (χ1n) is 9.48. The number of nitrogens with zero attached hydrogens (tertiary/aromatic N) is 3. The van der Waals surface area contributed by atoms with Gasteiger partial charge < -0.3 is 25.2 Å². The first kappa shape index (κ1) is 21.7. The van der Waals surface area contributed by atoms with E-state index in [1.165, 1.54) is 16.0 Å². The third kappa shape index (κ3) is 4.96. The van der Waals surface area contributed by atoms with E-state index in [0.29, 0.717) is 31.0 Å². The molecule has 1 atom stereocenters. The van der Waals surface area contributed by atoms with Gasteiger partial charge in [-0.3, -0.25) is 19.5 Å². The number of hydrogen-bond acceptors (Lipinski definition) is 8. The second-order valence-corrected chi connectivity index (χ2v) is 6.81. The SMILES string of the molecule is O=C(CO)NC[C@H]1CN(c2ccc(N3CCNN(C(=O)CO)CC3)c(F)c2)C(=O)O1. The Kier molecular flexibility index (Phi) is 7.03. The maximum absolute atomic E-state index is 14.8. The first-order valence-corrected chi connectivity index (χ1v) is 9.48. The lowest BCUT2D eigenvalue weighted by Gasteiger charge is -2.24. The summed E-state index contributed by atoms with van der Waals surface area (Å²) in [5.41, 5.74) is 3.54. The van der Waals surface area contributed by atoms with Crippen LogP contribution in [-0.2, 0) is 14.3 Å². The molecule has 0 bridgehead atoms. The molecule has 1 aromatic carbocycles. The number of aliphatic hydroxyl groups excluding tert-OH is 2. The van der Waals surface area contributed by atoms with E-state index < -0.39 is 43.0 Å². The van der Waals surface area contributed by atoms with Gasteiger partial charge in [-0.2, -0.15) is 0 Å². The quantitative estimate of drug-likeness (QED) is 0.428. The van der Waals surface area contributed by atoms with Gasteiger partial charge in [0.1, 0.15) is 25.1 Å². The number of anilines is 2. The molecule has 0 radical (unpaired) electrons. The van der Waals surface area contributed by atoms with E-state index in [0.717, 1.165) is 0 Å². The van der Waals surface area contributed by atoms with Crippen LogP contribution in [0, 0.1) is 5.82 Å². The van der Waals surface area contributed by atoms with Crippen LogP contribution in [0.3, 0.4) is 0 Å². The number of benzene rings is 1. The minimum absolute atomic E-state index is 0.0477. The number of carbonyl (C=O) groups is 3. The zero-order chi connectivity index (χ0) is 21.7. The number of nitrogens with one attached hydrogen (secondary N) is 2. The van der Waals surface area contributed by atoms with Crippen molar-refractivity contribution in [1.29, 1.82) is 0 Å². The van der Waals surface area contributed by atoms with Crippen LogP contribution < -0.4 is 20.5 Å². The number of ether oxygens (including phenoxy) is 1. The molecule has 3 rings (SSSR count). The number of hydrogen-bond donors (Lipinski definition) is 4. The number of hydrazine groups is 1. The Bertz CT molecular complexity index is 809. The average molecular weight is 425 g/mol. The van der Waals surface area contributed by atoms with Crippen molar-refractivity contribution in [2.45, 2.75) is 6.10 Å². The summed E-state index contributed by atoms with van der Waals surface area (Å²) in [6.07, 6.45) is -1.26. The van der Waals surface area contributed by atoms with Gasteiger partial charge in [0.25, 0.3) is 5.91 Å². The van der Waals surface area contributed by atoms with Crippen molar-refractivity contribution in [1.82, 2.24) is 15.8 Å².